The Kier molecular flexibility index (Phi) is 3.58. The zero-order chi connectivity index (χ0) is 14.4. The van der Waals surface area contributed by atoms with Crippen LogP contribution in [0.3, 0.4) is 0 Å². The number of anilines is 1. The molecule has 0 spiro atoms. The summed E-state index contributed by atoms with van der Waals surface area (Å²) in [4.78, 5) is 5.44. The number of nitrogen functional groups attached to an aromatic ring is 1. The van der Waals surface area contributed by atoms with Crippen molar-refractivity contribution in [1.29, 1.82) is 0 Å². The van der Waals surface area contributed by atoms with E-state index in [1.54, 1.807) is 12.1 Å². The minimum Gasteiger partial charge on any atom is -0.369 e. The van der Waals surface area contributed by atoms with Gasteiger partial charge in [0, 0.05) is 4.88 Å². The molecule has 1 atom stereocenters. The summed E-state index contributed by atoms with van der Waals surface area (Å²) in [6.07, 6.45) is 0. The Morgan fingerprint density at radius 2 is 1.90 bits per heavy atom. The molecule has 3 rings (SSSR count). The quantitative estimate of drug-likeness (QED) is 0.688. The number of hydrogen-bond acceptors (Lipinski definition) is 3. The van der Waals surface area contributed by atoms with Crippen LogP contribution in [-0.2, 0) is 0 Å². The van der Waals surface area contributed by atoms with Crippen molar-refractivity contribution in [1.82, 2.24) is 9.55 Å². The fourth-order valence-electron chi connectivity index (χ4n) is 2.20. The first-order valence-electron chi connectivity index (χ1n) is 5.85. The predicted molar refractivity (Wildman–Crippen MR) is 87.3 cm³/mol. The van der Waals surface area contributed by atoms with Gasteiger partial charge in [-0.2, -0.15) is 0 Å². The minimum atomic E-state index is 0.0229. The third-order valence-corrected chi connectivity index (χ3v) is 5.28. The molecule has 0 saturated heterocycles. The van der Waals surface area contributed by atoms with Crippen LogP contribution in [0, 0.1) is 0 Å². The van der Waals surface area contributed by atoms with Gasteiger partial charge in [0.2, 0.25) is 5.95 Å². The first-order chi connectivity index (χ1) is 9.47. The summed E-state index contributed by atoms with van der Waals surface area (Å²) in [6.45, 7) is 2.04. The Morgan fingerprint density at radius 3 is 2.55 bits per heavy atom. The molecule has 1 unspecified atom stereocenters. The molecule has 0 saturated carbocycles. The van der Waals surface area contributed by atoms with E-state index in [-0.39, 0.29) is 6.04 Å². The Hall–Kier alpha value is -0.940. The molecule has 0 aliphatic carbocycles. The highest BCUT2D eigenvalue weighted by molar-refractivity contribution is 7.16. The van der Waals surface area contributed by atoms with Crippen molar-refractivity contribution in [3.63, 3.8) is 0 Å². The first kappa shape index (κ1) is 14.0. The van der Waals surface area contributed by atoms with E-state index in [9.17, 15) is 0 Å². The lowest BCUT2D eigenvalue weighted by Gasteiger charge is -2.14. The van der Waals surface area contributed by atoms with Crippen LogP contribution in [0.1, 0.15) is 17.8 Å². The molecule has 0 bridgehead atoms. The zero-order valence-corrected chi connectivity index (χ0v) is 13.5. The molecule has 104 valence electrons. The number of aromatic nitrogens is 2. The number of benzene rings is 1. The van der Waals surface area contributed by atoms with E-state index in [0.717, 1.165) is 20.2 Å². The maximum atomic E-state index is 6.09. The van der Waals surface area contributed by atoms with E-state index in [1.807, 2.05) is 23.6 Å². The van der Waals surface area contributed by atoms with Crippen molar-refractivity contribution in [2.24, 2.45) is 0 Å². The van der Waals surface area contributed by atoms with E-state index >= 15 is 0 Å². The lowest BCUT2D eigenvalue weighted by atomic mass is 10.2. The fourth-order valence-corrected chi connectivity index (χ4v) is 3.62. The van der Waals surface area contributed by atoms with Gasteiger partial charge in [0.25, 0.3) is 0 Å². The number of fused-ring (bicyclic) bond motifs is 1. The Morgan fingerprint density at radius 1 is 1.20 bits per heavy atom. The number of nitrogens with two attached hydrogens (primary N) is 1. The second-order valence-corrected chi connectivity index (χ2v) is 6.97. The average molecular weight is 347 g/mol. The highest BCUT2D eigenvalue weighted by atomic mass is 35.5. The molecule has 2 N–H and O–H groups in total. The van der Waals surface area contributed by atoms with E-state index in [2.05, 4.69) is 4.98 Å². The number of rotatable bonds is 2. The number of hydrogen-bond donors (Lipinski definition) is 1. The average Bonchev–Trinajstić information content (AvgIpc) is 2.93. The van der Waals surface area contributed by atoms with E-state index < -0.39 is 0 Å². The normalized spacial score (nSPS) is 13.0. The van der Waals surface area contributed by atoms with Gasteiger partial charge in [-0.3, -0.25) is 0 Å². The van der Waals surface area contributed by atoms with Crippen molar-refractivity contribution in [2.75, 3.05) is 5.73 Å². The van der Waals surface area contributed by atoms with Crippen LogP contribution in [-0.4, -0.2) is 9.55 Å². The van der Waals surface area contributed by atoms with Crippen molar-refractivity contribution >= 4 is 63.1 Å². The molecule has 3 aromatic rings. The van der Waals surface area contributed by atoms with Gasteiger partial charge >= 0.3 is 0 Å². The van der Waals surface area contributed by atoms with E-state index in [0.29, 0.717) is 16.0 Å². The molecule has 0 aliphatic heterocycles. The fraction of sp³-hybridized carbons (Fsp3) is 0.154. The van der Waals surface area contributed by atoms with Crippen LogP contribution in [0.25, 0.3) is 11.0 Å². The van der Waals surface area contributed by atoms with Crippen molar-refractivity contribution in [3.05, 3.63) is 43.5 Å². The highest BCUT2D eigenvalue weighted by Crippen LogP contribution is 2.35. The SMILES string of the molecule is CC(c1ccc(Cl)s1)n1c(N)nc2cc(Cl)c(Cl)cc21. The summed E-state index contributed by atoms with van der Waals surface area (Å²) in [5.74, 6) is 0.426. The second kappa shape index (κ2) is 5.11. The molecule has 0 fully saturated rings. The molecular weight excluding hydrogens is 337 g/mol. The molecule has 7 heteroatoms. The molecule has 3 nitrogen and oxygen atoms in total. The molecule has 0 aliphatic rings. The third kappa shape index (κ3) is 2.27. The standard InChI is InChI=1S/C13H10Cl3N3S/c1-6(11-2-3-12(16)20-11)19-10-5-8(15)7(14)4-9(10)18-13(19)17/h2-6H,1H3,(H2,17,18). The van der Waals surface area contributed by atoms with Crippen LogP contribution in [0.2, 0.25) is 14.4 Å². The summed E-state index contributed by atoms with van der Waals surface area (Å²) >= 11 is 19.6. The van der Waals surface area contributed by atoms with Gasteiger partial charge in [-0.25, -0.2) is 4.98 Å². The van der Waals surface area contributed by atoms with Crippen LogP contribution >= 0.6 is 46.1 Å². The van der Waals surface area contributed by atoms with Crippen molar-refractivity contribution in [2.45, 2.75) is 13.0 Å². The number of halogens is 3. The summed E-state index contributed by atoms with van der Waals surface area (Å²) in [7, 11) is 0. The molecule has 20 heavy (non-hydrogen) atoms. The summed E-state index contributed by atoms with van der Waals surface area (Å²) in [6, 6.07) is 7.39. The summed E-state index contributed by atoms with van der Waals surface area (Å²) < 4.78 is 2.68. The molecule has 0 radical (unpaired) electrons. The molecule has 2 heterocycles. The zero-order valence-electron chi connectivity index (χ0n) is 10.4. The monoisotopic (exact) mass is 345 g/mol. The van der Waals surface area contributed by atoms with Crippen LogP contribution in [0.5, 0.6) is 0 Å². The topological polar surface area (TPSA) is 43.8 Å². The maximum Gasteiger partial charge on any atom is 0.201 e. The van der Waals surface area contributed by atoms with Gasteiger partial charge in [-0.05, 0) is 31.2 Å². The summed E-state index contributed by atoms with van der Waals surface area (Å²) in [5, 5.41) is 0.951. The van der Waals surface area contributed by atoms with Gasteiger partial charge in [0.1, 0.15) is 0 Å². The lowest BCUT2D eigenvalue weighted by molar-refractivity contribution is 0.680. The summed E-state index contributed by atoms with van der Waals surface area (Å²) in [5.41, 5.74) is 7.62. The van der Waals surface area contributed by atoms with E-state index in [1.165, 1.54) is 11.3 Å². The Bertz CT molecular complexity index is 794. The van der Waals surface area contributed by atoms with Gasteiger partial charge < -0.3 is 10.3 Å². The van der Waals surface area contributed by atoms with Crippen molar-refractivity contribution in [3.8, 4) is 0 Å². The smallest absolute Gasteiger partial charge is 0.201 e. The van der Waals surface area contributed by atoms with Gasteiger partial charge in [0.15, 0.2) is 0 Å². The number of thiophene rings is 1. The molecule has 0 amide bonds. The minimum absolute atomic E-state index is 0.0229. The lowest BCUT2D eigenvalue weighted by Crippen LogP contribution is -2.08. The van der Waals surface area contributed by atoms with Crippen LogP contribution in [0.15, 0.2) is 24.3 Å². The second-order valence-electron chi connectivity index (χ2n) is 4.41. The van der Waals surface area contributed by atoms with Gasteiger partial charge in [-0.15, -0.1) is 11.3 Å². The molecular formula is C13H10Cl3N3S. The molecule has 2 aromatic heterocycles. The number of imidazole rings is 1. The van der Waals surface area contributed by atoms with E-state index in [4.69, 9.17) is 40.5 Å². The highest BCUT2D eigenvalue weighted by Gasteiger charge is 2.18. The van der Waals surface area contributed by atoms with Crippen molar-refractivity contribution < 1.29 is 0 Å². The third-order valence-electron chi connectivity index (χ3n) is 3.15. The predicted octanol–water partition coefficient (Wildman–Crippen LogP) is 5.25. The largest absolute Gasteiger partial charge is 0.369 e. The Balaban J connectivity index is 2.20. The molecule has 1 aromatic carbocycles. The maximum absolute atomic E-state index is 6.09. The van der Waals surface area contributed by atoms with Gasteiger partial charge in [-0.1, -0.05) is 34.8 Å². The first-order valence-corrected chi connectivity index (χ1v) is 7.80. The number of nitrogens with zero attached hydrogens (tertiary/aromatic N) is 2. The van der Waals surface area contributed by atoms with Crippen LogP contribution < -0.4 is 5.73 Å². The Labute approximate surface area is 134 Å². The van der Waals surface area contributed by atoms with Gasteiger partial charge in [0.05, 0.1) is 31.5 Å². The van der Waals surface area contributed by atoms with Crippen LogP contribution in [0.4, 0.5) is 5.95 Å².